The highest BCUT2D eigenvalue weighted by Gasteiger charge is 2.26. The van der Waals surface area contributed by atoms with Crippen molar-refractivity contribution in [1.82, 2.24) is 0 Å². The molecule has 1 N–H and O–H groups in total. The summed E-state index contributed by atoms with van der Waals surface area (Å²) < 4.78 is 84.2. The van der Waals surface area contributed by atoms with E-state index in [2.05, 4.69) is 20.7 Å². The van der Waals surface area contributed by atoms with E-state index >= 15 is 0 Å². The second kappa shape index (κ2) is 7.00. The lowest BCUT2D eigenvalue weighted by Crippen LogP contribution is -2.17. The van der Waals surface area contributed by atoms with Gasteiger partial charge in [-0.05, 0) is 40.2 Å². The molecular weight excluding hydrogens is 434 g/mol. The Hall–Kier alpha value is -2.14. The quantitative estimate of drug-likeness (QED) is 0.447. The first-order chi connectivity index (χ1) is 11.6. The maximum atomic E-state index is 14.0. The molecule has 0 aliphatic rings. The molecule has 0 amide bonds. The minimum Gasteiger partial charge on any atom is -0.465 e. The molecule has 0 aliphatic carbocycles. The first-order valence-corrected chi connectivity index (χ1v) is 8.59. The third-order valence-electron chi connectivity index (χ3n) is 3.00. The van der Waals surface area contributed by atoms with Crippen molar-refractivity contribution in [1.29, 1.82) is 0 Å². The number of ether oxygens (including phenoxy) is 1. The second-order valence-electron chi connectivity index (χ2n) is 4.58. The molecule has 11 heteroatoms. The third-order valence-corrected chi connectivity index (χ3v) is 5.03. The molecule has 134 valence electrons. The van der Waals surface area contributed by atoms with Crippen molar-refractivity contribution in [3.05, 3.63) is 57.6 Å². The Balaban J connectivity index is 2.54. The zero-order valence-electron chi connectivity index (χ0n) is 12.2. The number of halogens is 5. The molecular formula is C14H8BrF4NO4S. The Kier molecular flexibility index (Phi) is 5.37. The zero-order chi connectivity index (χ0) is 18.9. The molecule has 0 radical (unpaired) electrons. The number of hydrogen-bond acceptors (Lipinski definition) is 4. The van der Waals surface area contributed by atoms with Crippen LogP contribution < -0.4 is 4.72 Å². The van der Waals surface area contributed by atoms with E-state index in [0.29, 0.717) is 24.3 Å². The van der Waals surface area contributed by atoms with Crippen LogP contribution in [0.15, 0.2) is 33.6 Å². The maximum Gasteiger partial charge on any atom is 0.339 e. The van der Waals surface area contributed by atoms with Gasteiger partial charge in [0.25, 0.3) is 10.0 Å². The topological polar surface area (TPSA) is 72.5 Å². The van der Waals surface area contributed by atoms with Gasteiger partial charge in [-0.1, -0.05) is 0 Å². The summed E-state index contributed by atoms with van der Waals surface area (Å²) in [4.78, 5) is 10.6. The number of carbonyl (C=O) groups excluding carboxylic acids is 1. The molecule has 0 aromatic heterocycles. The summed E-state index contributed by atoms with van der Waals surface area (Å²) >= 11 is 2.88. The van der Waals surface area contributed by atoms with E-state index in [0.717, 1.165) is 7.11 Å². The van der Waals surface area contributed by atoms with E-state index in [9.17, 15) is 30.8 Å². The second-order valence-corrected chi connectivity index (χ2v) is 7.09. The van der Waals surface area contributed by atoms with Crippen molar-refractivity contribution in [3.8, 4) is 0 Å². The molecule has 2 aromatic rings. The molecule has 25 heavy (non-hydrogen) atoms. The highest BCUT2D eigenvalue weighted by Crippen LogP contribution is 2.28. The zero-order valence-corrected chi connectivity index (χ0v) is 14.6. The number of anilines is 1. The molecule has 0 saturated carbocycles. The number of esters is 1. The van der Waals surface area contributed by atoms with E-state index in [1.807, 2.05) is 0 Å². The van der Waals surface area contributed by atoms with E-state index in [1.165, 1.54) is 0 Å². The van der Waals surface area contributed by atoms with Gasteiger partial charge in [0.1, 0.15) is 10.7 Å². The monoisotopic (exact) mass is 441 g/mol. The Labute approximate surface area is 147 Å². The van der Waals surface area contributed by atoms with Gasteiger partial charge in [-0.2, -0.15) is 0 Å². The van der Waals surface area contributed by atoms with Gasteiger partial charge in [0.15, 0.2) is 17.5 Å². The van der Waals surface area contributed by atoms with Gasteiger partial charge in [0, 0.05) is 4.47 Å². The maximum absolute atomic E-state index is 14.0. The number of benzene rings is 2. The molecule has 0 saturated heterocycles. The van der Waals surface area contributed by atoms with Crippen molar-refractivity contribution in [2.45, 2.75) is 4.90 Å². The fourth-order valence-electron chi connectivity index (χ4n) is 1.81. The van der Waals surface area contributed by atoms with E-state index in [1.54, 1.807) is 4.72 Å². The lowest BCUT2D eigenvalue weighted by atomic mass is 10.2. The minimum absolute atomic E-state index is 0.0743. The van der Waals surface area contributed by atoms with E-state index in [-0.39, 0.29) is 10.0 Å². The van der Waals surface area contributed by atoms with Crippen LogP contribution in [0.3, 0.4) is 0 Å². The average molecular weight is 442 g/mol. The van der Waals surface area contributed by atoms with Gasteiger partial charge in [0.2, 0.25) is 0 Å². The van der Waals surface area contributed by atoms with Crippen LogP contribution in [0.25, 0.3) is 0 Å². The summed E-state index contributed by atoms with van der Waals surface area (Å²) in [5, 5.41) is 0. The first-order valence-electron chi connectivity index (χ1n) is 6.32. The first kappa shape index (κ1) is 19.2. The largest absolute Gasteiger partial charge is 0.465 e. The third kappa shape index (κ3) is 3.76. The summed E-state index contributed by atoms with van der Waals surface area (Å²) in [5.41, 5.74) is -1.24. The summed E-state index contributed by atoms with van der Waals surface area (Å²) in [6.07, 6.45) is 0. The molecule has 0 unspecified atom stereocenters. The van der Waals surface area contributed by atoms with Crippen LogP contribution >= 0.6 is 15.9 Å². The predicted molar refractivity (Wildman–Crippen MR) is 82.6 cm³/mol. The van der Waals surface area contributed by atoms with E-state index < -0.39 is 49.8 Å². The van der Waals surface area contributed by atoms with Gasteiger partial charge in [-0.3, -0.25) is 4.72 Å². The number of hydrogen-bond donors (Lipinski definition) is 1. The van der Waals surface area contributed by atoms with Gasteiger partial charge in [-0.25, -0.2) is 30.8 Å². The van der Waals surface area contributed by atoms with Crippen LogP contribution in [0.2, 0.25) is 0 Å². The molecule has 0 bridgehead atoms. The van der Waals surface area contributed by atoms with Crippen LogP contribution in [0.1, 0.15) is 10.4 Å². The molecule has 0 spiro atoms. The van der Waals surface area contributed by atoms with Gasteiger partial charge in [-0.15, -0.1) is 0 Å². The molecule has 0 fully saturated rings. The van der Waals surface area contributed by atoms with Crippen LogP contribution in [0, 0.1) is 23.3 Å². The highest BCUT2D eigenvalue weighted by molar-refractivity contribution is 9.10. The number of carbonyl (C=O) groups is 1. The van der Waals surface area contributed by atoms with Crippen LogP contribution in [0.4, 0.5) is 23.2 Å². The van der Waals surface area contributed by atoms with Gasteiger partial charge >= 0.3 is 5.97 Å². The van der Waals surface area contributed by atoms with Crippen molar-refractivity contribution >= 4 is 37.6 Å². The standard InChI is InChI=1S/C14H8BrF4NO4S/c1-24-14(21)6-4-11(9(17)5-7(6)15)25(22,23)20-10-3-2-8(16)12(18)13(10)19/h2-5,20H,1H3. The van der Waals surface area contributed by atoms with Crippen molar-refractivity contribution < 1.29 is 35.5 Å². The van der Waals surface area contributed by atoms with Crippen LogP contribution in [-0.4, -0.2) is 21.5 Å². The molecule has 0 aliphatic heterocycles. The Bertz CT molecular complexity index is 966. The average Bonchev–Trinajstić information content (AvgIpc) is 2.54. The number of nitrogens with one attached hydrogen (secondary N) is 1. The molecule has 2 rings (SSSR count). The lowest BCUT2D eigenvalue weighted by Gasteiger charge is -2.12. The number of sulfonamides is 1. The van der Waals surface area contributed by atoms with Crippen molar-refractivity contribution in [2.75, 3.05) is 11.8 Å². The van der Waals surface area contributed by atoms with E-state index in [4.69, 9.17) is 0 Å². The molecule has 0 atom stereocenters. The predicted octanol–water partition coefficient (Wildman–Crippen LogP) is 3.59. The van der Waals surface area contributed by atoms with Crippen LogP contribution in [-0.2, 0) is 14.8 Å². The molecule has 2 aromatic carbocycles. The van der Waals surface area contributed by atoms with Gasteiger partial charge < -0.3 is 4.74 Å². The smallest absolute Gasteiger partial charge is 0.339 e. The summed E-state index contributed by atoms with van der Waals surface area (Å²) in [5.74, 6) is -7.44. The SMILES string of the molecule is COC(=O)c1cc(S(=O)(=O)Nc2ccc(F)c(F)c2F)c(F)cc1Br. The van der Waals surface area contributed by atoms with Crippen molar-refractivity contribution in [3.63, 3.8) is 0 Å². The van der Waals surface area contributed by atoms with Gasteiger partial charge in [0.05, 0.1) is 18.4 Å². The summed E-state index contributed by atoms with van der Waals surface area (Å²) in [7, 11) is -3.73. The van der Waals surface area contributed by atoms with Crippen LogP contribution in [0.5, 0.6) is 0 Å². The number of methoxy groups -OCH3 is 1. The fourth-order valence-corrected chi connectivity index (χ4v) is 3.43. The lowest BCUT2D eigenvalue weighted by molar-refractivity contribution is 0.0599. The molecule has 0 heterocycles. The molecule has 5 nitrogen and oxygen atoms in total. The normalized spacial score (nSPS) is 11.3. The highest BCUT2D eigenvalue weighted by atomic mass is 79.9. The summed E-state index contributed by atoms with van der Waals surface area (Å²) in [6, 6.07) is 2.48. The number of rotatable bonds is 4. The fraction of sp³-hybridized carbons (Fsp3) is 0.0714. The Morgan fingerprint density at radius 3 is 2.32 bits per heavy atom. The Morgan fingerprint density at radius 2 is 1.72 bits per heavy atom. The minimum atomic E-state index is -4.76. The summed E-state index contributed by atoms with van der Waals surface area (Å²) in [6.45, 7) is 0. The van der Waals surface area contributed by atoms with Crippen molar-refractivity contribution in [2.24, 2.45) is 0 Å². The Morgan fingerprint density at radius 1 is 1.08 bits per heavy atom.